The number of amides is 1. The third-order valence-corrected chi connectivity index (χ3v) is 3.75. The molecule has 0 atom stereocenters. The smallest absolute Gasteiger partial charge is 0.330 e. The first kappa shape index (κ1) is 23.2. The third-order valence-electron chi connectivity index (χ3n) is 3.75. The molecule has 1 aliphatic rings. The zero-order valence-electron chi connectivity index (χ0n) is 14.8. The number of nitrogens with one attached hydrogen (secondary N) is 2. The van der Waals surface area contributed by atoms with E-state index in [4.69, 9.17) is 10.8 Å². The van der Waals surface area contributed by atoms with Crippen LogP contribution in [0, 0.1) is 28.3 Å². The highest BCUT2D eigenvalue weighted by molar-refractivity contribution is 6.03. The predicted molar refractivity (Wildman–Crippen MR) is 90.7 cm³/mol. The van der Waals surface area contributed by atoms with E-state index in [0.29, 0.717) is 17.4 Å². The van der Waals surface area contributed by atoms with Crippen LogP contribution in [0.25, 0.3) is 0 Å². The molecule has 1 aromatic carbocycles. The third kappa shape index (κ3) is 5.83. The van der Waals surface area contributed by atoms with Crippen molar-refractivity contribution < 1.29 is 31.1 Å². The quantitative estimate of drug-likeness (QED) is 0.259. The SMILES string of the molecule is C=CC(=O)N1CCN(C(=N)C(F)(F)F)C(=N)C1.CCc1cc(F)c(F)cc1F. The van der Waals surface area contributed by atoms with Gasteiger partial charge in [-0.15, -0.1) is 0 Å². The van der Waals surface area contributed by atoms with Gasteiger partial charge in [-0.2, -0.15) is 13.2 Å². The molecule has 2 N–H and O–H groups in total. The molecule has 0 saturated carbocycles. The van der Waals surface area contributed by atoms with Crippen molar-refractivity contribution in [3.05, 3.63) is 47.8 Å². The fourth-order valence-corrected chi connectivity index (χ4v) is 2.25. The van der Waals surface area contributed by atoms with Crippen molar-refractivity contribution in [2.45, 2.75) is 19.5 Å². The maximum absolute atomic E-state index is 12.6. The second kappa shape index (κ2) is 9.38. The summed E-state index contributed by atoms with van der Waals surface area (Å²) in [5.41, 5.74) is 0.198. The number of hydrogen-bond donors (Lipinski definition) is 2. The van der Waals surface area contributed by atoms with Crippen LogP contribution in [0.1, 0.15) is 12.5 Å². The average Bonchev–Trinajstić information content (AvgIpc) is 2.63. The highest BCUT2D eigenvalue weighted by Crippen LogP contribution is 2.20. The van der Waals surface area contributed by atoms with Crippen LogP contribution in [0.2, 0.25) is 0 Å². The van der Waals surface area contributed by atoms with Crippen molar-refractivity contribution in [2.24, 2.45) is 0 Å². The van der Waals surface area contributed by atoms with E-state index < -0.39 is 41.2 Å². The maximum atomic E-state index is 12.6. The van der Waals surface area contributed by atoms with E-state index in [1.54, 1.807) is 6.92 Å². The number of carbonyl (C=O) groups is 1. The summed E-state index contributed by atoms with van der Waals surface area (Å²) in [6, 6.07) is 1.44. The van der Waals surface area contributed by atoms with Crippen LogP contribution in [-0.4, -0.2) is 53.2 Å². The monoisotopic (exact) mass is 408 g/mol. The number of nitrogens with zero attached hydrogens (tertiary/aromatic N) is 2. The molecule has 0 aromatic heterocycles. The topological polar surface area (TPSA) is 71.2 Å². The lowest BCUT2D eigenvalue weighted by molar-refractivity contribution is -0.125. The molecule has 0 unspecified atom stereocenters. The Morgan fingerprint density at radius 3 is 2.21 bits per heavy atom. The van der Waals surface area contributed by atoms with Gasteiger partial charge in [0.2, 0.25) is 11.7 Å². The Morgan fingerprint density at radius 1 is 1.18 bits per heavy atom. The van der Waals surface area contributed by atoms with E-state index in [9.17, 15) is 31.1 Å². The van der Waals surface area contributed by atoms with Crippen LogP contribution in [0.3, 0.4) is 0 Å². The number of halogens is 6. The van der Waals surface area contributed by atoms with E-state index in [1.165, 1.54) is 4.90 Å². The van der Waals surface area contributed by atoms with Gasteiger partial charge in [0.25, 0.3) is 0 Å². The van der Waals surface area contributed by atoms with Crippen molar-refractivity contribution in [1.82, 2.24) is 9.80 Å². The van der Waals surface area contributed by atoms with Gasteiger partial charge in [-0.3, -0.25) is 15.6 Å². The van der Waals surface area contributed by atoms with Crippen LogP contribution in [0.15, 0.2) is 24.8 Å². The normalized spacial score (nSPS) is 14.3. The van der Waals surface area contributed by atoms with Crippen molar-refractivity contribution in [3.63, 3.8) is 0 Å². The standard InChI is InChI=1S/C9H11F3N4O.C8H7F3/c1-2-7(17)15-3-4-16(6(13)5-15)8(14)9(10,11)12;1-2-5-3-7(10)8(11)4-6(5)9/h2,13-14H,1,3-5H2;3-4H,2H2,1H3. The van der Waals surface area contributed by atoms with Gasteiger partial charge in [-0.1, -0.05) is 13.5 Å². The second-order valence-electron chi connectivity index (χ2n) is 5.62. The van der Waals surface area contributed by atoms with Crippen molar-refractivity contribution >= 4 is 17.6 Å². The highest BCUT2D eigenvalue weighted by Gasteiger charge is 2.41. The Kier molecular flexibility index (Phi) is 7.77. The summed E-state index contributed by atoms with van der Waals surface area (Å²) in [4.78, 5) is 13.0. The number of carbonyl (C=O) groups excluding carboxylic acids is 1. The van der Waals surface area contributed by atoms with E-state index in [0.717, 1.165) is 12.1 Å². The number of rotatable bonds is 2. The van der Waals surface area contributed by atoms with Gasteiger partial charge in [0.05, 0.1) is 6.54 Å². The molecule has 0 bridgehead atoms. The first-order chi connectivity index (χ1) is 12.9. The molecular weight excluding hydrogens is 390 g/mol. The first-order valence-corrected chi connectivity index (χ1v) is 7.97. The molecule has 0 spiro atoms. The predicted octanol–water partition coefficient (Wildman–Crippen LogP) is 3.50. The summed E-state index contributed by atoms with van der Waals surface area (Å²) < 4.78 is 74.1. The second-order valence-corrected chi connectivity index (χ2v) is 5.62. The molecule has 1 heterocycles. The Bertz CT molecular complexity index is 778. The Morgan fingerprint density at radius 2 is 1.75 bits per heavy atom. The number of aryl methyl sites for hydroxylation is 1. The van der Waals surface area contributed by atoms with E-state index in [-0.39, 0.29) is 25.2 Å². The molecule has 1 amide bonds. The van der Waals surface area contributed by atoms with Crippen molar-refractivity contribution in [2.75, 3.05) is 19.6 Å². The zero-order valence-corrected chi connectivity index (χ0v) is 14.8. The molecule has 1 saturated heterocycles. The van der Waals surface area contributed by atoms with Gasteiger partial charge in [-0.05, 0) is 24.1 Å². The summed E-state index contributed by atoms with van der Waals surface area (Å²) in [5, 5.41) is 14.3. The Hall–Kier alpha value is -2.85. The first-order valence-electron chi connectivity index (χ1n) is 7.97. The lowest BCUT2D eigenvalue weighted by atomic mass is 10.1. The molecule has 2 rings (SSSR count). The van der Waals surface area contributed by atoms with Gasteiger partial charge in [0.15, 0.2) is 11.6 Å². The average molecular weight is 408 g/mol. The molecular formula is C17H18F6N4O. The van der Waals surface area contributed by atoms with Crippen LogP contribution >= 0.6 is 0 Å². The van der Waals surface area contributed by atoms with E-state index >= 15 is 0 Å². The molecule has 0 aliphatic carbocycles. The zero-order chi connectivity index (χ0) is 21.6. The molecule has 1 fully saturated rings. The Balaban J connectivity index is 0.000000307. The summed E-state index contributed by atoms with van der Waals surface area (Å²) in [7, 11) is 0. The number of alkyl halides is 3. The minimum absolute atomic E-state index is 0.0334. The van der Waals surface area contributed by atoms with E-state index in [1.807, 2.05) is 0 Å². The minimum Gasteiger partial charge on any atom is -0.330 e. The van der Waals surface area contributed by atoms with Gasteiger partial charge in [-0.25, -0.2) is 13.2 Å². The number of benzene rings is 1. The highest BCUT2D eigenvalue weighted by atomic mass is 19.4. The fourth-order valence-electron chi connectivity index (χ4n) is 2.25. The molecule has 11 heteroatoms. The minimum atomic E-state index is -4.78. The molecule has 28 heavy (non-hydrogen) atoms. The number of piperazine rings is 1. The molecule has 0 radical (unpaired) electrons. The molecule has 154 valence electrons. The lowest BCUT2D eigenvalue weighted by Crippen LogP contribution is -2.56. The summed E-state index contributed by atoms with van der Waals surface area (Å²) in [5.74, 6) is -5.26. The van der Waals surface area contributed by atoms with E-state index in [2.05, 4.69) is 6.58 Å². The summed E-state index contributed by atoms with van der Waals surface area (Å²) in [6.45, 7) is 4.51. The number of hydrogen-bond acceptors (Lipinski definition) is 3. The van der Waals surface area contributed by atoms with Crippen molar-refractivity contribution in [3.8, 4) is 0 Å². The molecule has 1 aromatic rings. The van der Waals surface area contributed by atoms with Crippen LogP contribution in [0.5, 0.6) is 0 Å². The fraction of sp³-hybridized carbons (Fsp3) is 0.353. The largest absolute Gasteiger partial charge is 0.449 e. The molecule has 5 nitrogen and oxygen atoms in total. The van der Waals surface area contributed by atoms with Gasteiger partial charge in [0.1, 0.15) is 11.7 Å². The Labute approximate surface area is 157 Å². The van der Waals surface area contributed by atoms with Crippen molar-refractivity contribution in [1.29, 1.82) is 10.8 Å². The lowest BCUT2D eigenvalue weighted by Gasteiger charge is -2.36. The maximum Gasteiger partial charge on any atom is 0.449 e. The van der Waals surface area contributed by atoms with Crippen LogP contribution in [0.4, 0.5) is 26.3 Å². The van der Waals surface area contributed by atoms with Crippen LogP contribution < -0.4 is 0 Å². The van der Waals surface area contributed by atoms with Gasteiger partial charge >= 0.3 is 6.18 Å². The summed E-state index contributed by atoms with van der Waals surface area (Å²) in [6.07, 6.45) is -3.38. The van der Waals surface area contributed by atoms with Gasteiger partial charge in [0, 0.05) is 19.2 Å². The summed E-state index contributed by atoms with van der Waals surface area (Å²) >= 11 is 0. The van der Waals surface area contributed by atoms with Gasteiger partial charge < -0.3 is 9.80 Å². The molecule has 1 aliphatic heterocycles. The number of amidine groups is 2. The van der Waals surface area contributed by atoms with Crippen LogP contribution in [-0.2, 0) is 11.2 Å².